The molecule has 6 heteroatoms. The van der Waals surface area contributed by atoms with Gasteiger partial charge in [-0.05, 0) is 52.7 Å². The number of aromatic nitrogens is 1. The van der Waals surface area contributed by atoms with Gasteiger partial charge in [0.05, 0.1) is 12.7 Å². The van der Waals surface area contributed by atoms with Crippen molar-refractivity contribution in [1.29, 1.82) is 0 Å². The largest absolute Gasteiger partial charge is 0.496 e. The zero-order valence-electron chi connectivity index (χ0n) is 11.1. The SMILES string of the molecule is COc1ccc(N)cc1C(=O)Nc1ncc(Br)cc1C. The Morgan fingerprint density at radius 1 is 1.40 bits per heavy atom. The highest BCUT2D eigenvalue weighted by Gasteiger charge is 2.14. The molecule has 0 saturated carbocycles. The van der Waals surface area contributed by atoms with Crippen LogP contribution in [0.3, 0.4) is 0 Å². The van der Waals surface area contributed by atoms with E-state index in [9.17, 15) is 4.79 Å². The summed E-state index contributed by atoms with van der Waals surface area (Å²) in [6.45, 7) is 1.87. The van der Waals surface area contributed by atoms with Gasteiger partial charge in [-0.3, -0.25) is 4.79 Å². The van der Waals surface area contributed by atoms with Gasteiger partial charge in [-0.1, -0.05) is 0 Å². The molecule has 20 heavy (non-hydrogen) atoms. The van der Waals surface area contributed by atoms with Gasteiger partial charge >= 0.3 is 0 Å². The molecule has 0 aliphatic carbocycles. The molecule has 0 unspecified atom stereocenters. The van der Waals surface area contributed by atoms with Crippen molar-refractivity contribution in [2.45, 2.75) is 6.92 Å². The van der Waals surface area contributed by atoms with Gasteiger partial charge in [0, 0.05) is 16.4 Å². The normalized spacial score (nSPS) is 10.2. The van der Waals surface area contributed by atoms with Crippen molar-refractivity contribution in [3.05, 3.63) is 46.1 Å². The summed E-state index contributed by atoms with van der Waals surface area (Å²) in [5, 5.41) is 2.75. The third-order valence-corrected chi connectivity index (χ3v) is 3.18. The molecular formula is C14H14BrN3O2. The number of hydrogen-bond acceptors (Lipinski definition) is 4. The van der Waals surface area contributed by atoms with E-state index in [0.717, 1.165) is 10.0 Å². The molecule has 3 N–H and O–H groups in total. The lowest BCUT2D eigenvalue weighted by Crippen LogP contribution is -2.15. The zero-order valence-corrected chi connectivity index (χ0v) is 12.7. The standard InChI is InChI=1S/C14H14BrN3O2/c1-8-5-9(15)7-17-13(8)18-14(19)11-6-10(16)3-4-12(11)20-2/h3-7H,16H2,1-2H3,(H,17,18,19). The lowest BCUT2D eigenvalue weighted by atomic mass is 10.1. The number of ether oxygens (including phenoxy) is 1. The maximum Gasteiger partial charge on any atom is 0.260 e. The average molecular weight is 336 g/mol. The first-order valence-electron chi connectivity index (χ1n) is 5.88. The number of nitrogen functional groups attached to an aromatic ring is 1. The minimum Gasteiger partial charge on any atom is -0.496 e. The molecule has 0 atom stereocenters. The summed E-state index contributed by atoms with van der Waals surface area (Å²) >= 11 is 3.33. The average Bonchev–Trinajstić information content (AvgIpc) is 2.41. The summed E-state index contributed by atoms with van der Waals surface area (Å²) in [5.74, 6) is 0.654. The molecule has 104 valence electrons. The van der Waals surface area contributed by atoms with Crippen LogP contribution in [0.1, 0.15) is 15.9 Å². The van der Waals surface area contributed by atoms with Crippen molar-refractivity contribution in [2.24, 2.45) is 0 Å². The van der Waals surface area contributed by atoms with Gasteiger partial charge in [-0.25, -0.2) is 4.98 Å². The van der Waals surface area contributed by atoms with E-state index >= 15 is 0 Å². The highest BCUT2D eigenvalue weighted by atomic mass is 79.9. The number of halogens is 1. The monoisotopic (exact) mass is 335 g/mol. The summed E-state index contributed by atoms with van der Waals surface area (Å²) in [4.78, 5) is 16.5. The van der Waals surface area contributed by atoms with Crippen molar-refractivity contribution < 1.29 is 9.53 Å². The molecule has 0 aliphatic rings. The molecule has 0 saturated heterocycles. The Bertz CT molecular complexity index is 659. The molecule has 0 bridgehead atoms. The Morgan fingerprint density at radius 3 is 2.80 bits per heavy atom. The van der Waals surface area contributed by atoms with E-state index in [-0.39, 0.29) is 5.91 Å². The molecule has 5 nitrogen and oxygen atoms in total. The van der Waals surface area contributed by atoms with Crippen molar-refractivity contribution in [3.63, 3.8) is 0 Å². The second-order valence-electron chi connectivity index (χ2n) is 4.23. The van der Waals surface area contributed by atoms with Crippen molar-refractivity contribution in [2.75, 3.05) is 18.2 Å². The van der Waals surface area contributed by atoms with Gasteiger partial charge in [0.1, 0.15) is 11.6 Å². The molecule has 2 aromatic rings. The fraction of sp³-hybridized carbons (Fsp3) is 0.143. The number of carbonyl (C=O) groups is 1. The lowest BCUT2D eigenvalue weighted by molar-refractivity contribution is 0.102. The smallest absolute Gasteiger partial charge is 0.260 e. The number of rotatable bonds is 3. The summed E-state index contributed by atoms with van der Waals surface area (Å²) < 4.78 is 6.02. The fourth-order valence-corrected chi connectivity index (χ4v) is 2.20. The molecule has 1 aromatic heterocycles. The van der Waals surface area contributed by atoms with E-state index in [1.807, 2.05) is 13.0 Å². The Kier molecular flexibility index (Phi) is 4.24. The first-order chi connectivity index (χ1) is 9.51. The number of methoxy groups -OCH3 is 1. The molecule has 1 aromatic carbocycles. The molecule has 1 heterocycles. The summed E-state index contributed by atoms with van der Waals surface area (Å²) in [7, 11) is 1.51. The Hall–Kier alpha value is -2.08. The molecule has 0 fully saturated rings. The number of aryl methyl sites for hydroxylation is 1. The van der Waals surface area contributed by atoms with E-state index in [4.69, 9.17) is 10.5 Å². The number of pyridine rings is 1. The molecular weight excluding hydrogens is 322 g/mol. The van der Waals surface area contributed by atoms with Crippen LogP contribution >= 0.6 is 15.9 Å². The van der Waals surface area contributed by atoms with Gasteiger partial charge < -0.3 is 15.8 Å². The number of carbonyl (C=O) groups excluding carboxylic acids is 1. The predicted molar refractivity (Wildman–Crippen MR) is 82.0 cm³/mol. The van der Waals surface area contributed by atoms with E-state index in [2.05, 4.69) is 26.2 Å². The van der Waals surface area contributed by atoms with Gasteiger partial charge in [0.25, 0.3) is 5.91 Å². The van der Waals surface area contributed by atoms with Crippen molar-refractivity contribution in [3.8, 4) is 5.75 Å². The zero-order chi connectivity index (χ0) is 14.7. The van der Waals surface area contributed by atoms with Gasteiger partial charge in [-0.15, -0.1) is 0 Å². The van der Waals surface area contributed by atoms with Crippen LogP contribution in [0, 0.1) is 6.92 Å². The molecule has 0 spiro atoms. The highest BCUT2D eigenvalue weighted by molar-refractivity contribution is 9.10. The van der Waals surface area contributed by atoms with Crippen LogP contribution in [0.25, 0.3) is 0 Å². The van der Waals surface area contributed by atoms with Crippen LogP contribution in [-0.2, 0) is 0 Å². The Morgan fingerprint density at radius 2 is 2.15 bits per heavy atom. The lowest BCUT2D eigenvalue weighted by Gasteiger charge is -2.11. The summed E-state index contributed by atoms with van der Waals surface area (Å²) in [6.07, 6.45) is 1.62. The number of amides is 1. The van der Waals surface area contributed by atoms with Gasteiger partial charge in [-0.2, -0.15) is 0 Å². The predicted octanol–water partition coefficient (Wildman–Crippen LogP) is 3.00. The van der Waals surface area contributed by atoms with Crippen LogP contribution in [0.2, 0.25) is 0 Å². The number of nitrogens with one attached hydrogen (secondary N) is 1. The number of benzene rings is 1. The first kappa shape index (κ1) is 14.3. The number of nitrogens with zero attached hydrogens (tertiary/aromatic N) is 1. The minimum atomic E-state index is -0.313. The molecule has 0 radical (unpaired) electrons. The Labute approximate surface area is 125 Å². The van der Waals surface area contributed by atoms with Crippen LogP contribution in [0.4, 0.5) is 11.5 Å². The van der Waals surface area contributed by atoms with Crippen LogP contribution in [0.15, 0.2) is 34.9 Å². The van der Waals surface area contributed by atoms with E-state index in [0.29, 0.717) is 22.8 Å². The van der Waals surface area contributed by atoms with Gasteiger partial charge in [0.15, 0.2) is 0 Å². The number of hydrogen-bond donors (Lipinski definition) is 2. The van der Waals surface area contributed by atoms with Crippen LogP contribution < -0.4 is 15.8 Å². The molecule has 1 amide bonds. The number of nitrogens with two attached hydrogens (primary N) is 1. The van der Waals surface area contributed by atoms with Crippen LogP contribution in [-0.4, -0.2) is 18.0 Å². The summed E-state index contributed by atoms with van der Waals surface area (Å²) in [5.41, 5.74) is 7.43. The van der Waals surface area contributed by atoms with Crippen molar-refractivity contribution >= 4 is 33.3 Å². The number of anilines is 2. The van der Waals surface area contributed by atoms with E-state index in [1.54, 1.807) is 24.4 Å². The quantitative estimate of drug-likeness (QED) is 0.845. The summed E-state index contributed by atoms with van der Waals surface area (Å²) in [6, 6.07) is 6.78. The second-order valence-corrected chi connectivity index (χ2v) is 5.15. The first-order valence-corrected chi connectivity index (χ1v) is 6.67. The maximum absolute atomic E-state index is 12.3. The highest BCUT2D eigenvalue weighted by Crippen LogP contribution is 2.23. The molecule has 2 rings (SSSR count). The maximum atomic E-state index is 12.3. The Balaban J connectivity index is 2.30. The van der Waals surface area contributed by atoms with Crippen molar-refractivity contribution in [1.82, 2.24) is 4.98 Å². The third kappa shape index (κ3) is 3.08. The second kappa shape index (κ2) is 5.92. The van der Waals surface area contributed by atoms with E-state index in [1.165, 1.54) is 7.11 Å². The fourth-order valence-electron chi connectivity index (χ4n) is 1.75. The minimum absolute atomic E-state index is 0.313. The van der Waals surface area contributed by atoms with E-state index < -0.39 is 0 Å². The molecule has 0 aliphatic heterocycles. The van der Waals surface area contributed by atoms with Crippen LogP contribution in [0.5, 0.6) is 5.75 Å². The topological polar surface area (TPSA) is 77.2 Å². The van der Waals surface area contributed by atoms with Gasteiger partial charge in [0.2, 0.25) is 0 Å². The third-order valence-electron chi connectivity index (χ3n) is 2.74.